The van der Waals surface area contributed by atoms with Crippen molar-refractivity contribution in [2.24, 2.45) is 0 Å². The molecule has 1 aliphatic heterocycles. The van der Waals surface area contributed by atoms with Crippen molar-refractivity contribution >= 4 is 33.4 Å². The number of pyridine rings is 1. The Balaban J connectivity index is 1.27. The molecule has 0 saturated carbocycles. The molecule has 1 aliphatic rings. The molecule has 0 unspecified atom stereocenters. The Morgan fingerprint density at radius 2 is 1.59 bits per heavy atom. The molecule has 0 saturated heterocycles. The standard InChI is InChI=1S/C32H26N2O3/c35-30(25-15-14-23-10-4-5-11-24(23)18-25)21-37-32(36)31-26-12-6-7-13-28(26)33-29-16-17-34(20-27(29)31)19-22-8-2-1-3-9-22/h1-15,18H,16-17,19-21H2. The second-order valence-corrected chi connectivity index (χ2v) is 9.44. The van der Waals surface area contributed by atoms with Gasteiger partial charge in [-0.25, -0.2) is 4.79 Å². The second-order valence-electron chi connectivity index (χ2n) is 9.44. The zero-order chi connectivity index (χ0) is 25.2. The quantitative estimate of drug-likeness (QED) is 0.218. The first-order chi connectivity index (χ1) is 18.2. The Labute approximate surface area is 215 Å². The maximum absolute atomic E-state index is 13.5. The highest BCUT2D eigenvalue weighted by atomic mass is 16.5. The van der Waals surface area contributed by atoms with Crippen molar-refractivity contribution in [2.45, 2.75) is 19.5 Å². The van der Waals surface area contributed by atoms with E-state index in [4.69, 9.17) is 9.72 Å². The first kappa shape index (κ1) is 23.1. The fourth-order valence-corrected chi connectivity index (χ4v) is 5.11. The number of carbonyl (C=O) groups excluding carboxylic acids is 2. The Morgan fingerprint density at radius 1 is 0.838 bits per heavy atom. The van der Waals surface area contributed by atoms with E-state index in [0.717, 1.165) is 52.4 Å². The molecule has 2 heterocycles. The smallest absolute Gasteiger partial charge is 0.339 e. The summed E-state index contributed by atoms with van der Waals surface area (Å²) in [7, 11) is 0. The lowest BCUT2D eigenvalue weighted by atomic mass is 9.95. The fourth-order valence-electron chi connectivity index (χ4n) is 5.11. The summed E-state index contributed by atoms with van der Waals surface area (Å²) in [5.41, 5.74) is 4.86. The summed E-state index contributed by atoms with van der Waals surface area (Å²) in [6.45, 7) is 1.95. The lowest BCUT2D eigenvalue weighted by molar-refractivity contribution is 0.0474. The zero-order valence-electron chi connectivity index (χ0n) is 20.4. The number of benzene rings is 4. The van der Waals surface area contributed by atoms with Crippen LogP contribution >= 0.6 is 0 Å². The van der Waals surface area contributed by atoms with Crippen molar-refractivity contribution in [3.05, 3.63) is 125 Å². The van der Waals surface area contributed by atoms with Crippen LogP contribution < -0.4 is 0 Å². The minimum atomic E-state index is -0.481. The van der Waals surface area contributed by atoms with E-state index in [1.807, 2.05) is 78.9 Å². The van der Waals surface area contributed by atoms with E-state index in [1.54, 1.807) is 6.07 Å². The molecule has 37 heavy (non-hydrogen) atoms. The average molecular weight is 487 g/mol. The van der Waals surface area contributed by atoms with E-state index in [-0.39, 0.29) is 12.4 Å². The van der Waals surface area contributed by atoms with E-state index in [1.165, 1.54) is 5.56 Å². The van der Waals surface area contributed by atoms with Crippen LogP contribution in [0.1, 0.15) is 37.5 Å². The fraction of sp³-hybridized carbons (Fsp3) is 0.156. The summed E-state index contributed by atoms with van der Waals surface area (Å²) in [5, 5.41) is 2.80. The summed E-state index contributed by atoms with van der Waals surface area (Å²) in [6, 6.07) is 31.4. The van der Waals surface area contributed by atoms with Gasteiger partial charge in [0.05, 0.1) is 11.1 Å². The molecule has 6 rings (SSSR count). The normalized spacial score (nSPS) is 13.4. The largest absolute Gasteiger partial charge is 0.454 e. The minimum Gasteiger partial charge on any atom is -0.454 e. The number of Topliss-reactive ketones (excluding diaryl/α,β-unsaturated/α-hetero) is 1. The van der Waals surface area contributed by atoms with Crippen LogP contribution in [0, 0.1) is 0 Å². The summed E-state index contributed by atoms with van der Waals surface area (Å²) < 4.78 is 5.65. The molecule has 0 atom stereocenters. The zero-order valence-corrected chi connectivity index (χ0v) is 20.4. The molecule has 0 N–H and O–H groups in total. The molecule has 0 spiro atoms. The van der Waals surface area contributed by atoms with Gasteiger partial charge >= 0.3 is 5.97 Å². The Hall–Kier alpha value is -4.35. The number of esters is 1. The number of para-hydroxylation sites is 1. The van der Waals surface area contributed by atoms with E-state index >= 15 is 0 Å². The third kappa shape index (κ3) is 4.74. The molecule has 1 aromatic heterocycles. The molecule has 5 nitrogen and oxygen atoms in total. The predicted octanol–water partition coefficient (Wildman–Crippen LogP) is 5.99. The van der Waals surface area contributed by atoms with Crippen molar-refractivity contribution in [3.63, 3.8) is 0 Å². The van der Waals surface area contributed by atoms with Crippen molar-refractivity contribution in [1.82, 2.24) is 9.88 Å². The van der Waals surface area contributed by atoms with Gasteiger partial charge in [0.1, 0.15) is 0 Å². The molecule has 5 heteroatoms. The molecular formula is C32H26N2O3. The lowest BCUT2D eigenvalue weighted by Gasteiger charge is -2.30. The Bertz CT molecular complexity index is 1630. The van der Waals surface area contributed by atoms with Crippen LogP contribution in [0.4, 0.5) is 0 Å². The van der Waals surface area contributed by atoms with Crippen LogP contribution in [0.3, 0.4) is 0 Å². The van der Waals surface area contributed by atoms with Gasteiger partial charge in [-0.3, -0.25) is 14.7 Å². The first-order valence-corrected chi connectivity index (χ1v) is 12.5. The van der Waals surface area contributed by atoms with Crippen molar-refractivity contribution in [1.29, 1.82) is 0 Å². The highest BCUT2D eigenvalue weighted by Gasteiger charge is 2.27. The molecule has 0 bridgehead atoms. The number of fused-ring (bicyclic) bond motifs is 3. The van der Waals surface area contributed by atoms with Gasteiger partial charge in [-0.2, -0.15) is 0 Å². The van der Waals surface area contributed by atoms with Crippen molar-refractivity contribution in [3.8, 4) is 0 Å². The van der Waals surface area contributed by atoms with Crippen LogP contribution in [0.2, 0.25) is 0 Å². The number of aromatic nitrogens is 1. The van der Waals surface area contributed by atoms with Gasteiger partial charge in [-0.1, -0.05) is 84.9 Å². The topological polar surface area (TPSA) is 59.5 Å². The van der Waals surface area contributed by atoms with Crippen LogP contribution in [0.25, 0.3) is 21.7 Å². The number of ether oxygens (including phenoxy) is 1. The summed E-state index contributed by atoms with van der Waals surface area (Å²) in [5.74, 6) is -0.706. The Kier molecular flexibility index (Phi) is 6.21. The molecule has 182 valence electrons. The van der Waals surface area contributed by atoms with Gasteiger partial charge in [-0.05, 0) is 28.5 Å². The first-order valence-electron chi connectivity index (χ1n) is 12.5. The third-order valence-electron chi connectivity index (χ3n) is 6.98. The van der Waals surface area contributed by atoms with Crippen LogP contribution in [-0.4, -0.2) is 34.8 Å². The molecule has 0 radical (unpaired) electrons. The summed E-state index contributed by atoms with van der Waals surface area (Å²) in [6.07, 6.45) is 0.753. The third-order valence-corrected chi connectivity index (χ3v) is 6.98. The van der Waals surface area contributed by atoms with Gasteiger partial charge in [0.15, 0.2) is 12.4 Å². The maximum atomic E-state index is 13.5. The molecule has 0 amide bonds. The molecule has 0 aliphatic carbocycles. The van der Waals surface area contributed by atoms with Gasteiger partial charge in [0.2, 0.25) is 0 Å². The van der Waals surface area contributed by atoms with Gasteiger partial charge in [-0.15, -0.1) is 0 Å². The van der Waals surface area contributed by atoms with E-state index in [9.17, 15) is 9.59 Å². The molecule has 4 aromatic carbocycles. The SMILES string of the molecule is O=C(COC(=O)c1c2c(nc3ccccc13)CCN(Cc1ccccc1)C2)c1ccc2ccccc2c1. The van der Waals surface area contributed by atoms with Crippen LogP contribution in [-0.2, 0) is 24.2 Å². The maximum Gasteiger partial charge on any atom is 0.339 e. The number of hydrogen-bond donors (Lipinski definition) is 0. The van der Waals surface area contributed by atoms with E-state index in [0.29, 0.717) is 17.7 Å². The lowest BCUT2D eigenvalue weighted by Crippen LogP contribution is -2.32. The van der Waals surface area contributed by atoms with Crippen LogP contribution in [0.5, 0.6) is 0 Å². The monoisotopic (exact) mass is 486 g/mol. The highest BCUT2D eigenvalue weighted by molar-refractivity contribution is 6.07. The predicted molar refractivity (Wildman–Crippen MR) is 145 cm³/mol. The summed E-state index contributed by atoms with van der Waals surface area (Å²) >= 11 is 0. The summed E-state index contributed by atoms with van der Waals surface area (Å²) in [4.78, 5) is 33.7. The van der Waals surface area contributed by atoms with Crippen molar-refractivity contribution in [2.75, 3.05) is 13.2 Å². The Morgan fingerprint density at radius 3 is 2.46 bits per heavy atom. The second kappa shape index (κ2) is 9.96. The van der Waals surface area contributed by atoms with Crippen LogP contribution in [0.15, 0.2) is 97.1 Å². The highest BCUT2D eigenvalue weighted by Crippen LogP contribution is 2.29. The number of nitrogens with zero attached hydrogens (tertiary/aromatic N) is 2. The molecule has 5 aromatic rings. The van der Waals surface area contributed by atoms with Crippen molar-refractivity contribution < 1.29 is 14.3 Å². The van der Waals surface area contributed by atoms with Gasteiger partial charge in [0.25, 0.3) is 0 Å². The average Bonchev–Trinajstić information content (AvgIpc) is 2.94. The van der Waals surface area contributed by atoms with Gasteiger partial charge in [0, 0.05) is 48.3 Å². The number of rotatable bonds is 6. The number of ketones is 1. The molecular weight excluding hydrogens is 460 g/mol. The number of carbonyl (C=O) groups is 2. The number of hydrogen-bond acceptors (Lipinski definition) is 5. The van der Waals surface area contributed by atoms with E-state index < -0.39 is 5.97 Å². The van der Waals surface area contributed by atoms with E-state index in [2.05, 4.69) is 17.0 Å². The minimum absolute atomic E-state index is 0.225. The molecule has 0 fully saturated rings. The van der Waals surface area contributed by atoms with Gasteiger partial charge < -0.3 is 4.74 Å².